The fourth-order valence-electron chi connectivity index (χ4n) is 3.05. The zero-order chi connectivity index (χ0) is 17.3. The van der Waals surface area contributed by atoms with Crippen molar-refractivity contribution in [2.24, 2.45) is 0 Å². The lowest BCUT2D eigenvalue weighted by molar-refractivity contribution is 0.0519. The van der Waals surface area contributed by atoms with Crippen molar-refractivity contribution in [1.29, 1.82) is 0 Å². The maximum atomic E-state index is 12.8. The number of aromatic hydroxyl groups is 1. The molecule has 0 spiro atoms. The minimum atomic E-state index is -0.435. The summed E-state index contributed by atoms with van der Waals surface area (Å²) < 4.78 is 5.03. The van der Waals surface area contributed by atoms with E-state index in [9.17, 15) is 14.7 Å². The van der Waals surface area contributed by atoms with E-state index in [1.165, 1.54) is 0 Å². The van der Waals surface area contributed by atoms with Gasteiger partial charge in [-0.3, -0.25) is 4.79 Å². The number of hydrogen-bond acceptors (Lipinski definition) is 4. The van der Waals surface area contributed by atoms with E-state index in [2.05, 4.69) is 4.98 Å². The Labute approximate surface area is 140 Å². The summed E-state index contributed by atoms with van der Waals surface area (Å²) in [5.74, 6) is -0.352. The molecule has 0 saturated carbocycles. The Morgan fingerprint density at radius 3 is 2.88 bits per heavy atom. The van der Waals surface area contributed by atoms with E-state index in [-0.39, 0.29) is 11.5 Å². The maximum absolute atomic E-state index is 12.8. The third-order valence-corrected chi connectivity index (χ3v) is 4.18. The number of benzene rings is 1. The van der Waals surface area contributed by atoms with Gasteiger partial charge in [-0.15, -0.1) is 0 Å². The lowest BCUT2D eigenvalue weighted by Crippen LogP contribution is -2.14. The van der Waals surface area contributed by atoms with Crippen LogP contribution in [0.25, 0.3) is 6.08 Å². The molecule has 5 heteroatoms. The molecule has 1 aliphatic carbocycles. The molecule has 24 heavy (non-hydrogen) atoms. The predicted molar refractivity (Wildman–Crippen MR) is 90.2 cm³/mol. The Hall–Kier alpha value is -2.82. The number of aryl methyl sites for hydroxylation is 1. The average Bonchev–Trinajstić information content (AvgIpc) is 2.88. The van der Waals surface area contributed by atoms with Crippen LogP contribution in [0, 0.1) is 6.92 Å². The number of aromatic amines is 1. The number of ether oxygens (including phenoxy) is 1. The van der Waals surface area contributed by atoms with Crippen molar-refractivity contribution in [2.75, 3.05) is 6.61 Å². The number of Topliss-reactive ketones (excluding diaryl/α,β-unsaturated/α-hetero) is 1. The first kappa shape index (κ1) is 16.1. The van der Waals surface area contributed by atoms with E-state index < -0.39 is 5.97 Å². The monoisotopic (exact) mass is 325 g/mol. The summed E-state index contributed by atoms with van der Waals surface area (Å²) in [6.45, 7) is 3.80. The van der Waals surface area contributed by atoms with Gasteiger partial charge in [0.1, 0.15) is 11.4 Å². The first-order chi connectivity index (χ1) is 11.5. The smallest absolute Gasteiger partial charge is 0.355 e. The van der Waals surface area contributed by atoms with Gasteiger partial charge in [0.25, 0.3) is 0 Å². The molecule has 3 rings (SSSR count). The lowest BCUT2D eigenvalue weighted by atomic mass is 9.88. The van der Waals surface area contributed by atoms with E-state index in [0.717, 1.165) is 11.3 Å². The van der Waals surface area contributed by atoms with Crippen molar-refractivity contribution in [3.05, 3.63) is 57.9 Å². The van der Waals surface area contributed by atoms with Gasteiger partial charge in [-0.1, -0.05) is 12.1 Å². The summed E-state index contributed by atoms with van der Waals surface area (Å²) in [4.78, 5) is 27.9. The second kappa shape index (κ2) is 6.35. The second-order valence-corrected chi connectivity index (χ2v) is 5.79. The minimum absolute atomic E-state index is 0.0797. The lowest BCUT2D eigenvalue weighted by Gasteiger charge is -2.14. The number of ketones is 1. The third kappa shape index (κ3) is 2.85. The summed E-state index contributed by atoms with van der Waals surface area (Å²) in [7, 11) is 0. The molecule has 0 radical (unpaired) electrons. The van der Waals surface area contributed by atoms with Crippen LogP contribution in [0.1, 0.15) is 51.0 Å². The number of phenols is 1. The van der Waals surface area contributed by atoms with E-state index in [0.29, 0.717) is 41.8 Å². The summed E-state index contributed by atoms with van der Waals surface area (Å²) in [5, 5.41) is 9.55. The van der Waals surface area contributed by atoms with Gasteiger partial charge in [0, 0.05) is 16.8 Å². The van der Waals surface area contributed by atoms with Crippen LogP contribution < -0.4 is 0 Å². The summed E-state index contributed by atoms with van der Waals surface area (Å²) in [6, 6.07) is 6.78. The Kier molecular flexibility index (Phi) is 4.25. The van der Waals surface area contributed by atoms with Crippen LogP contribution in [-0.2, 0) is 11.2 Å². The maximum Gasteiger partial charge on any atom is 0.355 e. The number of aromatic nitrogens is 1. The highest BCUT2D eigenvalue weighted by molar-refractivity contribution is 6.15. The first-order valence-corrected chi connectivity index (χ1v) is 7.94. The fourth-order valence-corrected chi connectivity index (χ4v) is 3.05. The van der Waals surface area contributed by atoms with E-state index >= 15 is 0 Å². The summed E-state index contributed by atoms with van der Waals surface area (Å²) >= 11 is 0. The van der Waals surface area contributed by atoms with Crippen molar-refractivity contribution in [1.82, 2.24) is 4.98 Å². The number of phenolic OH excluding ortho intramolecular Hbond substituents is 1. The SMILES string of the molecule is CCOC(=O)c1[nH]c2c(c1C)C(=O)/C(=C\c1cccc(O)c1)CC2. The van der Waals surface area contributed by atoms with Gasteiger partial charge in [-0.2, -0.15) is 0 Å². The highest BCUT2D eigenvalue weighted by Gasteiger charge is 2.29. The van der Waals surface area contributed by atoms with Crippen LogP contribution in [0.3, 0.4) is 0 Å². The van der Waals surface area contributed by atoms with E-state index in [1.54, 1.807) is 38.1 Å². The third-order valence-electron chi connectivity index (χ3n) is 4.18. The molecule has 0 unspecified atom stereocenters. The molecule has 1 heterocycles. The molecular formula is C19H19NO4. The molecule has 2 aromatic rings. The quantitative estimate of drug-likeness (QED) is 0.669. The molecule has 5 nitrogen and oxygen atoms in total. The molecule has 0 saturated heterocycles. The number of nitrogens with one attached hydrogen (secondary N) is 1. The normalized spacial score (nSPS) is 15.4. The topological polar surface area (TPSA) is 79.4 Å². The molecule has 1 aliphatic rings. The highest BCUT2D eigenvalue weighted by Crippen LogP contribution is 2.31. The predicted octanol–water partition coefficient (Wildman–Crippen LogP) is 3.42. The molecule has 0 amide bonds. The largest absolute Gasteiger partial charge is 0.508 e. The van der Waals surface area contributed by atoms with Crippen LogP contribution in [-0.4, -0.2) is 28.4 Å². The minimum Gasteiger partial charge on any atom is -0.508 e. The Morgan fingerprint density at radius 2 is 2.17 bits per heavy atom. The first-order valence-electron chi connectivity index (χ1n) is 7.94. The van der Waals surface area contributed by atoms with Crippen LogP contribution >= 0.6 is 0 Å². The number of rotatable bonds is 3. The summed E-state index contributed by atoms with van der Waals surface area (Å²) in [5.41, 5.74) is 3.79. The van der Waals surface area contributed by atoms with Crippen LogP contribution in [0.4, 0.5) is 0 Å². The molecular weight excluding hydrogens is 306 g/mol. The number of fused-ring (bicyclic) bond motifs is 1. The number of H-pyrrole nitrogens is 1. The van der Waals surface area contributed by atoms with Crippen molar-refractivity contribution < 1.29 is 19.4 Å². The van der Waals surface area contributed by atoms with Crippen LogP contribution in [0.5, 0.6) is 5.75 Å². The standard InChI is InChI=1S/C19H19NO4/c1-3-24-19(23)17-11(2)16-15(20-17)8-7-13(18(16)22)9-12-5-4-6-14(21)10-12/h4-6,9-10,20-21H,3,7-8H2,1-2H3/b13-9-. The zero-order valence-corrected chi connectivity index (χ0v) is 13.7. The zero-order valence-electron chi connectivity index (χ0n) is 13.7. The number of carbonyl (C=O) groups is 2. The number of allylic oxidation sites excluding steroid dienone is 1. The molecule has 0 fully saturated rings. The van der Waals surface area contributed by atoms with Crippen LogP contribution in [0.2, 0.25) is 0 Å². The molecule has 0 bridgehead atoms. The van der Waals surface area contributed by atoms with Crippen LogP contribution in [0.15, 0.2) is 29.8 Å². The van der Waals surface area contributed by atoms with Gasteiger partial charge in [0.15, 0.2) is 5.78 Å². The molecule has 1 aromatic heterocycles. The van der Waals surface area contributed by atoms with E-state index in [4.69, 9.17) is 4.74 Å². The van der Waals surface area contributed by atoms with Crippen molar-refractivity contribution in [3.63, 3.8) is 0 Å². The number of esters is 1. The molecule has 124 valence electrons. The van der Waals surface area contributed by atoms with E-state index in [1.807, 2.05) is 6.07 Å². The Bertz CT molecular complexity index is 845. The molecule has 2 N–H and O–H groups in total. The molecule has 1 aromatic carbocycles. The van der Waals surface area contributed by atoms with Gasteiger partial charge in [-0.25, -0.2) is 4.79 Å². The Morgan fingerprint density at radius 1 is 1.38 bits per heavy atom. The van der Waals surface area contributed by atoms with Gasteiger partial charge in [0.2, 0.25) is 0 Å². The van der Waals surface area contributed by atoms with Gasteiger partial charge >= 0.3 is 5.97 Å². The molecule has 0 aliphatic heterocycles. The Balaban J connectivity index is 1.97. The highest BCUT2D eigenvalue weighted by atomic mass is 16.5. The van der Waals surface area contributed by atoms with Gasteiger partial charge < -0.3 is 14.8 Å². The number of hydrogen-bond donors (Lipinski definition) is 2. The summed E-state index contributed by atoms with van der Waals surface area (Å²) in [6.07, 6.45) is 3.04. The second-order valence-electron chi connectivity index (χ2n) is 5.79. The van der Waals surface area contributed by atoms with Crippen molar-refractivity contribution >= 4 is 17.8 Å². The van der Waals surface area contributed by atoms with Gasteiger partial charge in [-0.05, 0) is 56.0 Å². The van der Waals surface area contributed by atoms with Gasteiger partial charge in [0.05, 0.1) is 6.61 Å². The van der Waals surface area contributed by atoms with Crippen molar-refractivity contribution in [2.45, 2.75) is 26.7 Å². The average molecular weight is 325 g/mol. The molecule has 0 atom stereocenters. The fraction of sp³-hybridized carbons (Fsp3) is 0.263. The number of carbonyl (C=O) groups excluding carboxylic acids is 2. The van der Waals surface area contributed by atoms with Crippen molar-refractivity contribution in [3.8, 4) is 5.75 Å².